The first-order chi connectivity index (χ1) is 25.8. The number of unbranched alkanes of at least 4 members (excludes halogenated alkanes) is 16. The molecule has 54 heavy (non-hydrogen) atoms. The van der Waals surface area contributed by atoms with Crippen molar-refractivity contribution in [3.8, 4) is 0 Å². The summed E-state index contributed by atoms with van der Waals surface area (Å²) in [5, 5.41) is 3.35. The van der Waals surface area contributed by atoms with Crippen molar-refractivity contribution in [2.45, 2.75) is 202 Å². The summed E-state index contributed by atoms with van der Waals surface area (Å²) in [7, 11) is 4.24. The van der Waals surface area contributed by atoms with E-state index < -0.39 is 0 Å². The molecule has 0 unspecified atom stereocenters. The van der Waals surface area contributed by atoms with Gasteiger partial charge in [-0.1, -0.05) is 156 Å². The van der Waals surface area contributed by atoms with Crippen LogP contribution in [0.3, 0.4) is 0 Å². The number of amides is 1. The second kappa shape index (κ2) is 34.1. The quantitative estimate of drug-likeness (QED) is 0.0385. The molecule has 0 rings (SSSR count). The van der Waals surface area contributed by atoms with Crippen LogP contribution in [0.25, 0.3) is 0 Å². The summed E-state index contributed by atoms with van der Waals surface area (Å²) in [6, 6.07) is 0. The molecule has 0 aromatic heterocycles. The van der Waals surface area contributed by atoms with Crippen LogP contribution in [-0.4, -0.2) is 63.1 Å². The van der Waals surface area contributed by atoms with E-state index in [1.54, 1.807) is 0 Å². The van der Waals surface area contributed by atoms with Crippen molar-refractivity contribution in [1.29, 1.82) is 0 Å². The third-order valence-electron chi connectivity index (χ3n) is 10.1. The van der Waals surface area contributed by atoms with E-state index in [1.165, 1.54) is 51.4 Å². The summed E-state index contributed by atoms with van der Waals surface area (Å²) in [6.07, 6.45) is 34.2. The molecule has 0 aromatic rings. The zero-order valence-electron chi connectivity index (χ0n) is 36.9. The molecule has 1 N–H and O–H groups in total. The molecular formula is C47H88N2O5. The largest absolute Gasteiger partial charge is 0.461 e. The van der Waals surface area contributed by atoms with Crippen molar-refractivity contribution in [2.75, 3.05) is 40.4 Å². The van der Waals surface area contributed by atoms with Gasteiger partial charge in [-0.15, -0.1) is 0 Å². The van der Waals surface area contributed by atoms with Gasteiger partial charge in [-0.3, -0.25) is 14.4 Å². The molecule has 0 spiro atoms. The maximum Gasteiger partial charge on any atom is 0.306 e. The Balaban J connectivity index is 4.58. The molecule has 0 saturated heterocycles. The Morgan fingerprint density at radius 3 is 1.44 bits per heavy atom. The summed E-state index contributed by atoms with van der Waals surface area (Å²) in [5.74, 6) is 0.0158. The minimum atomic E-state index is -0.105. The lowest BCUT2D eigenvalue weighted by Crippen LogP contribution is -2.41. The van der Waals surface area contributed by atoms with Crippen LogP contribution >= 0.6 is 0 Å². The zero-order chi connectivity index (χ0) is 40.3. The van der Waals surface area contributed by atoms with Gasteiger partial charge in [0.2, 0.25) is 5.91 Å². The first kappa shape index (κ1) is 51.9. The summed E-state index contributed by atoms with van der Waals surface area (Å²) in [6.45, 7) is 16.1. The molecule has 0 bridgehead atoms. The minimum Gasteiger partial charge on any atom is -0.461 e. The Hall–Kier alpha value is -2.15. The van der Waals surface area contributed by atoms with Crippen molar-refractivity contribution in [2.24, 2.45) is 16.7 Å². The summed E-state index contributed by atoms with van der Waals surface area (Å²) in [4.78, 5) is 40.0. The molecule has 0 aliphatic rings. The second-order valence-electron chi connectivity index (χ2n) is 17.8. The topological polar surface area (TPSA) is 84.9 Å². The fraction of sp³-hybridized carbons (Fsp3) is 0.851. The average Bonchev–Trinajstić information content (AvgIpc) is 3.10. The molecule has 0 aliphatic heterocycles. The first-order valence-corrected chi connectivity index (χ1v) is 22.4. The van der Waals surface area contributed by atoms with E-state index in [-0.39, 0.29) is 34.6 Å². The Morgan fingerprint density at radius 1 is 0.574 bits per heavy atom. The lowest BCUT2D eigenvalue weighted by atomic mass is 9.74. The average molecular weight is 761 g/mol. The van der Waals surface area contributed by atoms with Crippen LogP contribution in [0.4, 0.5) is 0 Å². The zero-order valence-corrected chi connectivity index (χ0v) is 36.9. The third-order valence-corrected chi connectivity index (χ3v) is 10.1. The molecule has 0 radical (unpaired) electrons. The van der Waals surface area contributed by atoms with E-state index in [2.05, 4.69) is 78.0 Å². The first-order valence-electron chi connectivity index (χ1n) is 22.4. The van der Waals surface area contributed by atoms with Crippen molar-refractivity contribution in [1.82, 2.24) is 10.2 Å². The number of rotatable bonds is 37. The highest BCUT2D eigenvalue weighted by Gasteiger charge is 2.30. The van der Waals surface area contributed by atoms with E-state index in [9.17, 15) is 14.4 Å². The van der Waals surface area contributed by atoms with Crippen molar-refractivity contribution < 1.29 is 23.9 Å². The van der Waals surface area contributed by atoms with Gasteiger partial charge in [-0.05, 0) is 82.7 Å². The van der Waals surface area contributed by atoms with Gasteiger partial charge >= 0.3 is 11.9 Å². The van der Waals surface area contributed by atoms with Gasteiger partial charge in [0.25, 0.3) is 0 Å². The van der Waals surface area contributed by atoms with Crippen molar-refractivity contribution in [3.63, 3.8) is 0 Å². The van der Waals surface area contributed by atoms with Crippen LogP contribution in [0, 0.1) is 16.7 Å². The Kier molecular flexibility index (Phi) is 32.8. The number of hydrogen-bond donors (Lipinski definition) is 1. The number of carbonyl (C=O) groups excluding carboxylic acids is 3. The smallest absolute Gasteiger partial charge is 0.306 e. The molecule has 1 amide bonds. The molecule has 0 aromatic carbocycles. The van der Waals surface area contributed by atoms with Crippen LogP contribution < -0.4 is 5.32 Å². The molecule has 7 nitrogen and oxygen atoms in total. The summed E-state index contributed by atoms with van der Waals surface area (Å²) in [5.41, 5.74) is 0.177. The van der Waals surface area contributed by atoms with E-state index >= 15 is 0 Å². The Morgan fingerprint density at radius 2 is 1.00 bits per heavy atom. The van der Waals surface area contributed by atoms with Crippen LogP contribution in [0.5, 0.6) is 0 Å². The maximum absolute atomic E-state index is 13.6. The summed E-state index contributed by atoms with van der Waals surface area (Å²) >= 11 is 0. The Bertz CT molecular complexity index is 935. The monoisotopic (exact) mass is 761 g/mol. The SMILES string of the molecule is CCCCCC/C=C\COC(=O)CCCCCCCC(CCCCCCCC(=O)OC/C=C\CCCCCC)C(=O)NCC(C)(C)CC(C)(C)CN(C)C. The Labute approximate surface area is 334 Å². The maximum atomic E-state index is 13.6. The number of ether oxygens (including phenoxy) is 2. The number of carbonyl (C=O) groups is 3. The number of nitrogens with one attached hydrogen (secondary N) is 1. The molecule has 0 heterocycles. The standard InChI is InChI=1S/C47H88N2O5/c1-9-11-13-15-17-25-31-37-53-43(50)35-29-23-19-21-27-33-42(45(52)48-40-46(3,4)39-47(5,6)41-49(7)8)34-28-22-20-24-30-36-44(51)54-38-32-26-18-16-14-12-10-2/h25-26,31-32,42H,9-24,27-30,33-41H2,1-8H3,(H,48,52)/b31-25-,32-26-. The van der Waals surface area contributed by atoms with Crippen LogP contribution in [0.1, 0.15) is 202 Å². The lowest BCUT2D eigenvalue weighted by molar-refractivity contribution is -0.143. The fourth-order valence-corrected chi connectivity index (χ4v) is 7.70. The van der Waals surface area contributed by atoms with Crippen molar-refractivity contribution >= 4 is 17.8 Å². The number of allylic oxidation sites excluding steroid dienone is 2. The highest BCUT2D eigenvalue weighted by atomic mass is 16.5. The molecule has 316 valence electrons. The lowest BCUT2D eigenvalue weighted by Gasteiger charge is -2.37. The minimum absolute atomic E-state index is 0.0110. The second-order valence-corrected chi connectivity index (χ2v) is 17.8. The van der Waals surface area contributed by atoms with Gasteiger partial charge in [-0.2, -0.15) is 0 Å². The fourth-order valence-electron chi connectivity index (χ4n) is 7.70. The predicted molar refractivity (Wildman–Crippen MR) is 230 cm³/mol. The predicted octanol–water partition coefficient (Wildman–Crippen LogP) is 12.3. The normalized spacial score (nSPS) is 12.4. The molecule has 0 atom stereocenters. The number of esters is 2. The molecule has 0 saturated carbocycles. The highest BCUT2D eigenvalue weighted by molar-refractivity contribution is 5.78. The molecular weight excluding hydrogens is 673 g/mol. The van der Waals surface area contributed by atoms with Crippen LogP contribution in [0.2, 0.25) is 0 Å². The highest BCUT2D eigenvalue weighted by Crippen LogP contribution is 2.34. The van der Waals surface area contributed by atoms with Gasteiger partial charge in [0.1, 0.15) is 13.2 Å². The summed E-state index contributed by atoms with van der Waals surface area (Å²) < 4.78 is 10.7. The third kappa shape index (κ3) is 34.3. The molecule has 7 heteroatoms. The van der Waals surface area contributed by atoms with Gasteiger partial charge in [-0.25, -0.2) is 0 Å². The number of hydrogen-bond acceptors (Lipinski definition) is 6. The van der Waals surface area contributed by atoms with Gasteiger partial charge in [0.05, 0.1) is 0 Å². The van der Waals surface area contributed by atoms with E-state index in [1.807, 2.05) is 12.2 Å². The van der Waals surface area contributed by atoms with Gasteiger partial charge in [0, 0.05) is 31.8 Å². The number of nitrogens with zero attached hydrogens (tertiary/aromatic N) is 1. The van der Waals surface area contributed by atoms with E-state index in [4.69, 9.17) is 9.47 Å². The van der Waals surface area contributed by atoms with E-state index in [0.717, 1.165) is 103 Å². The van der Waals surface area contributed by atoms with E-state index in [0.29, 0.717) is 32.6 Å². The van der Waals surface area contributed by atoms with Gasteiger partial charge in [0.15, 0.2) is 0 Å². The molecule has 0 aliphatic carbocycles. The van der Waals surface area contributed by atoms with Crippen molar-refractivity contribution in [3.05, 3.63) is 24.3 Å². The van der Waals surface area contributed by atoms with Crippen LogP contribution in [0.15, 0.2) is 24.3 Å². The molecule has 0 fully saturated rings. The van der Waals surface area contributed by atoms with Gasteiger partial charge < -0.3 is 19.7 Å². The van der Waals surface area contributed by atoms with Crippen LogP contribution in [-0.2, 0) is 23.9 Å².